The average molecular weight is 731 g/mol. The Bertz CT molecular complexity index is 2780. The number of hydrogen-bond acceptors (Lipinski definition) is 4. The monoisotopic (exact) mass is 730 g/mol. The maximum absolute atomic E-state index is 2.41. The summed E-state index contributed by atoms with van der Waals surface area (Å²) in [6.07, 6.45) is 0. The molecule has 0 aliphatic rings. The zero-order valence-corrected chi connectivity index (χ0v) is 32.4. The van der Waals surface area contributed by atoms with E-state index in [1.165, 1.54) is 107 Å². The van der Waals surface area contributed by atoms with E-state index in [1.54, 1.807) is 0 Å². The summed E-state index contributed by atoms with van der Waals surface area (Å²) in [5, 5.41) is 7.82. The Morgan fingerprint density at radius 3 is 0.963 bits per heavy atom. The third-order valence-electron chi connectivity index (χ3n) is 10.5. The number of benzene rings is 8. The number of thiophene rings is 2. The Kier molecular flexibility index (Phi) is 7.79. The summed E-state index contributed by atoms with van der Waals surface area (Å²) in [4.78, 5) is 4.76. The van der Waals surface area contributed by atoms with E-state index >= 15 is 0 Å². The van der Waals surface area contributed by atoms with Crippen LogP contribution < -0.4 is 9.80 Å². The van der Waals surface area contributed by atoms with Gasteiger partial charge in [0.15, 0.2) is 0 Å². The topological polar surface area (TPSA) is 6.48 Å². The van der Waals surface area contributed by atoms with Crippen LogP contribution in [0.5, 0.6) is 0 Å². The summed E-state index contributed by atoms with van der Waals surface area (Å²) in [6.45, 7) is 8.65. The normalized spacial score (nSPS) is 11.7. The van der Waals surface area contributed by atoms with E-state index in [-0.39, 0.29) is 0 Å². The molecule has 10 rings (SSSR count). The molecule has 0 saturated heterocycles. The highest BCUT2D eigenvalue weighted by Crippen LogP contribution is 2.45. The highest BCUT2D eigenvalue weighted by molar-refractivity contribution is 7.26. The van der Waals surface area contributed by atoms with E-state index in [2.05, 4.69) is 195 Å². The van der Waals surface area contributed by atoms with Crippen molar-refractivity contribution in [2.75, 3.05) is 9.80 Å². The summed E-state index contributed by atoms with van der Waals surface area (Å²) in [5.41, 5.74) is 12.0. The van der Waals surface area contributed by atoms with Gasteiger partial charge in [0.05, 0.1) is 0 Å². The summed E-state index contributed by atoms with van der Waals surface area (Å²) >= 11 is 3.78. The minimum absolute atomic E-state index is 1.17. The predicted molar refractivity (Wildman–Crippen MR) is 238 cm³/mol. The molecule has 0 radical (unpaired) electrons. The maximum Gasteiger partial charge on any atom is 0.0476 e. The van der Waals surface area contributed by atoms with E-state index in [0.29, 0.717) is 0 Å². The zero-order chi connectivity index (χ0) is 36.5. The van der Waals surface area contributed by atoms with E-state index in [0.717, 1.165) is 0 Å². The molecule has 54 heavy (non-hydrogen) atoms. The van der Waals surface area contributed by atoms with Gasteiger partial charge < -0.3 is 9.80 Å². The molecule has 0 aliphatic heterocycles. The Morgan fingerprint density at radius 1 is 0.296 bits per heavy atom. The van der Waals surface area contributed by atoms with Crippen LogP contribution in [0.15, 0.2) is 158 Å². The summed E-state index contributed by atoms with van der Waals surface area (Å²) < 4.78 is 5.24. The molecule has 0 saturated carbocycles. The molecule has 8 aromatic carbocycles. The quantitative estimate of drug-likeness (QED) is 0.168. The minimum Gasteiger partial charge on any atom is -0.310 e. The fourth-order valence-electron chi connectivity index (χ4n) is 8.01. The van der Waals surface area contributed by atoms with Crippen LogP contribution in [0.3, 0.4) is 0 Å². The largest absolute Gasteiger partial charge is 0.310 e. The summed E-state index contributed by atoms with van der Waals surface area (Å²) in [6, 6.07) is 58.7. The van der Waals surface area contributed by atoms with Gasteiger partial charge in [-0.1, -0.05) is 60.7 Å². The lowest BCUT2D eigenvalue weighted by Crippen LogP contribution is -2.10. The summed E-state index contributed by atoms with van der Waals surface area (Å²) in [5.74, 6) is 0. The van der Waals surface area contributed by atoms with Gasteiger partial charge in [-0.15, -0.1) is 22.7 Å². The molecule has 2 aromatic heterocycles. The number of rotatable bonds is 6. The van der Waals surface area contributed by atoms with Crippen molar-refractivity contribution in [3.63, 3.8) is 0 Å². The van der Waals surface area contributed by atoms with Crippen LogP contribution in [-0.4, -0.2) is 0 Å². The maximum atomic E-state index is 2.41. The first-order chi connectivity index (χ1) is 26.3. The Hall–Kier alpha value is -5.94. The molecule has 0 bridgehead atoms. The van der Waals surface area contributed by atoms with Crippen molar-refractivity contribution in [3.8, 4) is 0 Å². The smallest absolute Gasteiger partial charge is 0.0476 e. The molecular formula is C50H38N2S2. The molecule has 4 heteroatoms. The van der Waals surface area contributed by atoms with Crippen LogP contribution in [0.25, 0.3) is 51.1 Å². The lowest BCUT2D eigenvalue weighted by atomic mass is 10.0. The van der Waals surface area contributed by atoms with Gasteiger partial charge in [0.2, 0.25) is 0 Å². The molecule has 0 N–H and O–H groups in total. The number of nitrogens with zero attached hydrogens (tertiary/aromatic N) is 2. The molecule has 260 valence electrons. The van der Waals surface area contributed by atoms with Crippen molar-refractivity contribution in [2.24, 2.45) is 0 Å². The van der Waals surface area contributed by atoms with Crippen molar-refractivity contribution in [3.05, 3.63) is 180 Å². The lowest BCUT2D eigenvalue weighted by molar-refractivity contribution is 1.26. The van der Waals surface area contributed by atoms with Gasteiger partial charge in [-0.2, -0.15) is 0 Å². The van der Waals surface area contributed by atoms with Crippen LogP contribution >= 0.6 is 22.7 Å². The second-order valence-corrected chi connectivity index (χ2v) is 16.8. The Morgan fingerprint density at radius 2 is 0.611 bits per heavy atom. The van der Waals surface area contributed by atoms with E-state index < -0.39 is 0 Å². The van der Waals surface area contributed by atoms with Crippen molar-refractivity contribution in [1.82, 2.24) is 0 Å². The molecule has 0 fully saturated rings. The van der Waals surface area contributed by atoms with E-state index in [9.17, 15) is 0 Å². The number of fused-ring (bicyclic) bond motifs is 7. The molecule has 2 heterocycles. The SMILES string of the molecule is Cc1cccc(N(c2cccc(C)c2)c2ccc3c(c2)sc2cc4cc5sc6cc(N(c7cccc(C)c7)c7cccc(C)c7)ccc6c5cc4cc23)c1. The first kappa shape index (κ1) is 32.7. The zero-order valence-electron chi connectivity index (χ0n) is 30.7. The van der Waals surface area contributed by atoms with Crippen LogP contribution in [0.1, 0.15) is 22.3 Å². The summed E-state index contributed by atoms with van der Waals surface area (Å²) in [7, 11) is 0. The van der Waals surface area contributed by atoms with Gasteiger partial charge in [-0.25, -0.2) is 0 Å². The van der Waals surface area contributed by atoms with Crippen LogP contribution in [0, 0.1) is 27.7 Å². The molecular weight excluding hydrogens is 693 g/mol. The first-order valence-corrected chi connectivity index (χ1v) is 20.1. The fraction of sp³-hybridized carbons (Fsp3) is 0.0800. The van der Waals surface area contributed by atoms with Crippen molar-refractivity contribution >= 4 is 108 Å². The third kappa shape index (κ3) is 5.70. The lowest BCUT2D eigenvalue weighted by Gasteiger charge is -2.26. The first-order valence-electron chi connectivity index (χ1n) is 18.5. The number of aryl methyl sites for hydroxylation is 4. The van der Waals surface area contributed by atoms with Gasteiger partial charge in [-0.05, 0) is 158 Å². The van der Waals surface area contributed by atoms with E-state index in [4.69, 9.17) is 0 Å². The highest BCUT2D eigenvalue weighted by atomic mass is 32.1. The molecule has 0 amide bonds. The molecule has 0 spiro atoms. The standard InChI is InChI=1S/C50H38N2S2/c1-31-9-5-13-37(21-31)51(38-14-6-10-32(2)22-38)41-17-19-43-45-25-35-26-46-44-20-18-42(30-50(44)54-48(46)28-36(35)27-47(45)53-49(43)29-41)52(39-15-7-11-33(3)23-39)40-16-8-12-34(4)24-40/h5-30H,1-4H3. The highest BCUT2D eigenvalue weighted by Gasteiger charge is 2.18. The molecule has 0 unspecified atom stereocenters. The van der Waals surface area contributed by atoms with Gasteiger partial charge >= 0.3 is 0 Å². The van der Waals surface area contributed by atoms with Crippen LogP contribution in [-0.2, 0) is 0 Å². The van der Waals surface area contributed by atoms with Gasteiger partial charge in [0.1, 0.15) is 0 Å². The third-order valence-corrected chi connectivity index (χ3v) is 12.8. The van der Waals surface area contributed by atoms with Gasteiger partial charge in [-0.3, -0.25) is 0 Å². The second kappa shape index (κ2) is 12.9. The van der Waals surface area contributed by atoms with Gasteiger partial charge in [0.25, 0.3) is 0 Å². The molecule has 0 atom stereocenters. The minimum atomic E-state index is 1.17. The predicted octanol–water partition coefficient (Wildman–Crippen LogP) is 15.7. The molecule has 2 nitrogen and oxygen atoms in total. The Labute approximate surface area is 323 Å². The molecule has 10 aromatic rings. The van der Waals surface area contributed by atoms with Crippen LogP contribution in [0.2, 0.25) is 0 Å². The number of anilines is 6. The Balaban J connectivity index is 1.08. The average Bonchev–Trinajstić information content (AvgIpc) is 3.69. The molecule has 0 aliphatic carbocycles. The number of hydrogen-bond donors (Lipinski definition) is 0. The second-order valence-electron chi connectivity index (χ2n) is 14.6. The van der Waals surface area contributed by atoms with Crippen molar-refractivity contribution < 1.29 is 0 Å². The van der Waals surface area contributed by atoms with Crippen molar-refractivity contribution in [1.29, 1.82) is 0 Å². The van der Waals surface area contributed by atoms with Gasteiger partial charge in [0, 0.05) is 74.5 Å². The van der Waals surface area contributed by atoms with E-state index in [1.807, 2.05) is 22.7 Å². The fourth-order valence-corrected chi connectivity index (χ4v) is 10.3. The van der Waals surface area contributed by atoms with Crippen LogP contribution in [0.4, 0.5) is 34.1 Å². The van der Waals surface area contributed by atoms with Crippen molar-refractivity contribution in [2.45, 2.75) is 27.7 Å².